The molecule has 0 saturated carbocycles. The number of benzene rings is 1. The number of fused-ring (bicyclic) bond motifs is 1. The molecule has 2 fully saturated rings. The van der Waals surface area contributed by atoms with Gasteiger partial charge in [0.05, 0.1) is 6.10 Å². The average Bonchev–Trinajstić information content (AvgIpc) is 2.46. The number of hydrogen-bond donors (Lipinski definition) is 1. The van der Waals surface area contributed by atoms with Crippen molar-refractivity contribution in [1.82, 2.24) is 4.90 Å². The Balaban J connectivity index is 1.81. The van der Waals surface area contributed by atoms with Crippen molar-refractivity contribution in [3.63, 3.8) is 0 Å². The first-order valence-electron chi connectivity index (χ1n) is 8.04. The Morgan fingerprint density at radius 2 is 2.10 bits per heavy atom. The lowest BCUT2D eigenvalue weighted by atomic mass is 9.96. The second-order valence-corrected chi connectivity index (χ2v) is 7.38. The van der Waals surface area contributed by atoms with Gasteiger partial charge in [-0.05, 0) is 50.9 Å². The van der Waals surface area contributed by atoms with E-state index in [1.807, 2.05) is 13.0 Å². The Hall–Kier alpha value is -0.580. The van der Waals surface area contributed by atoms with E-state index in [0.717, 1.165) is 16.6 Å². The third-order valence-corrected chi connectivity index (χ3v) is 5.64. The van der Waals surface area contributed by atoms with Gasteiger partial charge in [-0.15, -0.1) is 0 Å². The van der Waals surface area contributed by atoms with Gasteiger partial charge in [-0.25, -0.2) is 0 Å². The molecule has 3 rings (SSSR count). The summed E-state index contributed by atoms with van der Waals surface area (Å²) in [5, 5.41) is 9.76. The maximum atomic E-state index is 9.76. The van der Waals surface area contributed by atoms with E-state index in [1.165, 1.54) is 38.0 Å². The molecular weight excluding hydrogens is 328 g/mol. The van der Waals surface area contributed by atoms with Crippen molar-refractivity contribution in [1.29, 1.82) is 0 Å². The van der Waals surface area contributed by atoms with Gasteiger partial charge in [0, 0.05) is 35.3 Å². The van der Waals surface area contributed by atoms with Crippen molar-refractivity contribution in [3.05, 3.63) is 28.2 Å². The first kappa shape index (κ1) is 15.3. The summed E-state index contributed by atoms with van der Waals surface area (Å²) in [5.74, 6) is 0. The number of rotatable bonds is 2. The third-order valence-electron chi connectivity index (χ3n) is 4.95. The minimum Gasteiger partial charge on any atom is -0.389 e. The fourth-order valence-electron chi connectivity index (χ4n) is 3.75. The highest BCUT2D eigenvalue weighted by Crippen LogP contribution is 2.32. The zero-order valence-corrected chi connectivity index (χ0v) is 14.5. The van der Waals surface area contributed by atoms with E-state index in [9.17, 15) is 5.11 Å². The minimum atomic E-state index is -0.430. The van der Waals surface area contributed by atoms with Gasteiger partial charge in [0.15, 0.2) is 0 Å². The molecule has 4 heteroatoms. The van der Waals surface area contributed by atoms with E-state index in [-0.39, 0.29) is 0 Å². The maximum absolute atomic E-state index is 9.76. The van der Waals surface area contributed by atoms with Gasteiger partial charge < -0.3 is 10.0 Å². The predicted octanol–water partition coefficient (Wildman–Crippen LogP) is 3.57. The van der Waals surface area contributed by atoms with Gasteiger partial charge in [0.1, 0.15) is 0 Å². The van der Waals surface area contributed by atoms with Crippen LogP contribution in [0.3, 0.4) is 0 Å². The summed E-state index contributed by atoms with van der Waals surface area (Å²) < 4.78 is 1.01. The summed E-state index contributed by atoms with van der Waals surface area (Å²) in [6.07, 6.45) is 3.63. The van der Waals surface area contributed by atoms with E-state index in [1.54, 1.807) is 0 Å². The number of aliphatic hydroxyl groups is 1. The molecule has 2 heterocycles. The molecule has 1 aromatic carbocycles. The van der Waals surface area contributed by atoms with Crippen LogP contribution in [-0.2, 0) is 0 Å². The Labute approximate surface area is 136 Å². The molecule has 0 amide bonds. The first-order chi connectivity index (χ1) is 10.1. The normalized spacial score (nSPS) is 28.3. The van der Waals surface area contributed by atoms with Gasteiger partial charge in [0.2, 0.25) is 0 Å². The largest absolute Gasteiger partial charge is 0.389 e. The molecular formula is C17H25BrN2O. The zero-order chi connectivity index (χ0) is 15.0. The number of anilines is 1. The van der Waals surface area contributed by atoms with Crippen LogP contribution in [-0.4, -0.2) is 41.7 Å². The van der Waals surface area contributed by atoms with Crippen molar-refractivity contribution < 1.29 is 5.11 Å². The number of halogens is 1. The second kappa shape index (κ2) is 6.27. The molecule has 1 aromatic rings. The van der Waals surface area contributed by atoms with Crippen LogP contribution >= 0.6 is 15.9 Å². The summed E-state index contributed by atoms with van der Waals surface area (Å²) in [4.78, 5) is 5.20. The van der Waals surface area contributed by atoms with Crippen molar-refractivity contribution in [2.45, 2.75) is 51.3 Å². The molecule has 2 unspecified atom stereocenters. The molecule has 0 bridgehead atoms. The number of piperazine rings is 1. The third kappa shape index (κ3) is 3.13. The van der Waals surface area contributed by atoms with Crippen LogP contribution in [0.1, 0.15) is 44.8 Å². The van der Waals surface area contributed by atoms with Gasteiger partial charge in [-0.3, -0.25) is 4.90 Å². The summed E-state index contributed by atoms with van der Waals surface area (Å²) >= 11 is 3.61. The number of aliphatic hydroxyl groups excluding tert-OH is 1. The second-order valence-electron chi connectivity index (χ2n) is 6.53. The standard InChI is InChI=1S/C17H25BrN2O/c1-12-10-19-8-4-3-5-15(19)11-20(12)14-6-7-16(13(2)21)17(18)9-14/h6-7,9,12-13,15,21H,3-5,8,10-11H2,1-2H3/t12?,13-,15?/m1/s1. The van der Waals surface area contributed by atoms with E-state index in [2.05, 4.69) is 44.8 Å². The maximum Gasteiger partial charge on any atom is 0.0772 e. The molecule has 0 radical (unpaired) electrons. The first-order valence-corrected chi connectivity index (χ1v) is 8.84. The fraction of sp³-hybridized carbons (Fsp3) is 0.647. The van der Waals surface area contributed by atoms with E-state index in [4.69, 9.17) is 0 Å². The Morgan fingerprint density at radius 3 is 2.81 bits per heavy atom. The lowest BCUT2D eigenvalue weighted by Gasteiger charge is -2.48. The highest BCUT2D eigenvalue weighted by atomic mass is 79.9. The van der Waals surface area contributed by atoms with E-state index < -0.39 is 6.10 Å². The van der Waals surface area contributed by atoms with Gasteiger partial charge in [-0.1, -0.05) is 28.4 Å². The highest BCUT2D eigenvalue weighted by molar-refractivity contribution is 9.10. The Morgan fingerprint density at radius 1 is 1.29 bits per heavy atom. The Kier molecular flexibility index (Phi) is 4.57. The summed E-state index contributed by atoms with van der Waals surface area (Å²) in [6.45, 7) is 7.69. The average molecular weight is 353 g/mol. The monoisotopic (exact) mass is 352 g/mol. The molecule has 1 N–H and O–H groups in total. The number of nitrogens with zero attached hydrogens (tertiary/aromatic N) is 2. The molecule has 3 nitrogen and oxygen atoms in total. The molecule has 2 aliphatic rings. The molecule has 0 aromatic heterocycles. The van der Waals surface area contributed by atoms with Crippen LogP contribution in [0.4, 0.5) is 5.69 Å². The molecule has 21 heavy (non-hydrogen) atoms. The zero-order valence-electron chi connectivity index (χ0n) is 12.9. The summed E-state index contributed by atoms with van der Waals surface area (Å²) in [5.41, 5.74) is 2.23. The van der Waals surface area contributed by atoms with Crippen molar-refractivity contribution in [3.8, 4) is 0 Å². The van der Waals surface area contributed by atoms with Crippen LogP contribution in [0.2, 0.25) is 0 Å². The van der Waals surface area contributed by atoms with Gasteiger partial charge in [0.25, 0.3) is 0 Å². The van der Waals surface area contributed by atoms with Crippen LogP contribution in [0.15, 0.2) is 22.7 Å². The summed E-state index contributed by atoms with van der Waals surface area (Å²) in [6, 6.07) is 7.62. The van der Waals surface area contributed by atoms with Gasteiger partial charge in [-0.2, -0.15) is 0 Å². The van der Waals surface area contributed by atoms with Crippen molar-refractivity contribution in [2.24, 2.45) is 0 Å². The van der Waals surface area contributed by atoms with E-state index >= 15 is 0 Å². The highest BCUT2D eigenvalue weighted by Gasteiger charge is 2.33. The fourth-order valence-corrected chi connectivity index (χ4v) is 4.44. The van der Waals surface area contributed by atoms with E-state index in [0.29, 0.717) is 12.1 Å². The molecule has 0 aliphatic carbocycles. The quantitative estimate of drug-likeness (QED) is 0.881. The topological polar surface area (TPSA) is 26.7 Å². The van der Waals surface area contributed by atoms with Crippen LogP contribution in [0.25, 0.3) is 0 Å². The number of hydrogen-bond acceptors (Lipinski definition) is 3. The van der Waals surface area contributed by atoms with Crippen LogP contribution < -0.4 is 4.90 Å². The molecule has 116 valence electrons. The Bertz CT molecular complexity index is 506. The van der Waals surface area contributed by atoms with Crippen LogP contribution in [0.5, 0.6) is 0 Å². The number of piperidine rings is 1. The lowest BCUT2D eigenvalue weighted by molar-refractivity contribution is 0.115. The SMILES string of the molecule is CC1CN2CCCCC2CN1c1ccc([C@@H](C)O)c(Br)c1. The molecule has 0 spiro atoms. The van der Waals surface area contributed by atoms with Crippen LogP contribution in [0, 0.1) is 0 Å². The van der Waals surface area contributed by atoms with Crippen molar-refractivity contribution >= 4 is 21.6 Å². The predicted molar refractivity (Wildman–Crippen MR) is 90.8 cm³/mol. The summed E-state index contributed by atoms with van der Waals surface area (Å²) in [7, 11) is 0. The molecule has 3 atom stereocenters. The molecule has 2 aliphatic heterocycles. The van der Waals surface area contributed by atoms with Gasteiger partial charge >= 0.3 is 0 Å². The van der Waals surface area contributed by atoms with Crippen molar-refractivity contribution in [2.75, 3.05) is 24.5 Å². The minimum absolute atomic E-state index is 0.430. The smallest absolute Gasteiger partial charge is 0.0772 e. The molecule has 2 saturated heterocycles. The lowest BCUT2D eigenvalue weighted by Crippen LogP contribution is -2.58.